The van der Waals surface area contributed by atoms with E-state index in [0.717, 1.165) is 19.2 Å². The zero-order valence-electron chi connectivity index (χ0n) is 8.34. The Labute approximate surface area is 95.6 Å². The average molecular weight is 251 g/mol. The van der Waals surface area contributed by atoms with Gasteiger partial charge in [-0.05, 0) is 12.1 Å². The number of benzene rings is 1. The van der Waals surface area contributed by atoms with Gasteiger partial charge in [-0.2, -0.15) is 0 Å². The maximum absolute atomic E-state index is 13.3. The second kappa shape index (κ2) is 5.23. The van der Waals surface area contributed by atoms with Gasteiger partial charge in [0.05, 0.1) is 7.11 Å². The van der Waals surface area contributed by atoms with Crippen molar-refractivity contribution >= 4 is 17.6 Å². The molecule has 0 heterocycles. The molecule has 0 amide bonds. The minimum atomic E-state index is -1.60. The van der Waals surface area contributed by atoms with Crippen LogP contribution < -0.4 is 0 Å². The van der Waals surface area contributed by atoms with Gasteiger partial charge in [0.1, 0.15) is 11.6 Å². The van der Waals surface area contributed by atoms with Gasteiger partial charge < -0.3 is 9.84 Å². The number of carbonyl (C=O) groups is 1. The molecule has 1 aromatic carbocycles. The summed E-state index contributed by atoms with van der Waals surface area (Å²) in [7, 11) is 1.07. The monoisotopic (exact) mass is 250 g/mol. The molecule has 0 saturated carbocycles. The summed E-state index contributed by atoms with van der Waals surface area (Å²) in [6.07, 6.45) is -2.10. The van der Waals surface area contributed by atoms with Crippen LogP contribution >= 0.6 is 11.6 Å². The summed E-state index contributed by atoms with van der Waals surface area (Å²) in [6.45, 7) is 0. The fraction of sp³-hybridized carbons (Fsp3) is 0.300. The molecule has 6 heteroatoms. The Morgan fingerprint density at radius 1 is 1.50 bits per heavy atom. The molecule has 0 aliphatic heterocycles. The second-order valence-electron chi connectivity index (χ2n) is 3.09. The number of halogens is 3. The fourth-order valence-corrected chi connectivity index (χ4v) is 1.37. The van der Waals surface area contributed by atoms with Crippen LogP contribution in [0.2, 0.25) is 5.02 Å². The molecule has 16 heavy (non-hydrogen) atoms. The third-order valence-corrected chi connectivity index (χ3v) is 2.19. The Kier molecular flexibility index (Phi) is 4.20. The number of rotatable bonds is 3. The van der Waals surface area contributed by atoms with Crippen LogP contribution in [0.25, 0.3) is 0 Å². The molecule has 0 fully saturated rings. The molecule has 1 N–H and O–H groups in total. The highest BCUT2D eigenvalue weighted by atomic mass is 35.5. The molecule has 0 aliphatic rings. The quantitative estimate of drug-likeness (QED) is 0.831. The molecule has 3 nitrogen and oxygen atoms in total. The molecular weight excluding hydrogens is 242 g/mol. The first-order valence-corrected chi connectivity index (χ1v) is 4.72. The van der Waals surface area contributed by atoms with Crippen molar-refractivity contribution in [1.82, 2.24) is 0 Å². The normalized spacial score (nSPS) is 12.3. The van der Waals surface area contributed by atoms with E-state index in [1.807, 2.05) is 0 Å². The van der Waals surface area contributed by atoms with Gasteiger partial charge in [0.2, 0.25) is 0 Å². The van der Waals surface area contributed by atoms with E-state index in [-0.39, 0.29) is 5.02 Å². The lowest BCUT2D eigenvalue weighted by Crippen LogP contribution is -2.25. The van der Waals surface area contributed by atoms with Crippen molar-refractivity contribution in [3.05, 3.63) is 34.4 Å². The predicted molar refractivity (Wildman–Crippen MR) is 53.1 cm³/mol. The highest BCUT2D eigenvalue weighted by Crippen LogP contribution is 2.20. The lowest BCUT2D eigenvalue weighted by molar-refractivity contribution is -0.150. The Morgan fingerprint density at radius 2 is 2.00 bits per heavy atom. The largest absolute Gasteiger partial charge is 0.467 e. The summed E-state index contributed by atoms with van der Waals surface area (Å²) in [5.74, 6) is -2.77. The van der Waals surface area contributed by atoms with Crippen molar-refractivity contribution in [3.63, 3.8) is 0 Å². The molecule has 1 aromatic rings. The van der Waals surface area contributed by atoms with Gasteiger partial charge in [0, 0.05) is 17.0 Å². The van der Waals surface area contributed by atoms with Gasteiger partial charge in [-0.25, -0.2) is 13.6 Å². The van der Waals surface area contributed by atoms with Gasteiger partial charge >= 0.3 is 5.97 Å². The van der Waals surface area contributed by atoms with Crippen LogP contribution in [0.4, 0.5) is 8.78 Å². The molecule has 0 saturated heterocycles. The van der Waals surface area contributed by atoms with Crippen molar-refractivity contribution in [2.24, 2.45) is 0 Å². The van der Waals surface area contributed by atoms with Gasteiger partial charge in [-0.15, -0.1) is 0 Å². The summed E-state index contributed by atoms with van der Waals surface area (Å²) in [5, 5.41) is 9.16. The smallest absolute Gasteiger partial charge is 0.335 e. The number of hydrogen-bond acceptors (Lipinski definition) is 3. The SMILES string of the molecule is COC(=O)C(O)Cc1c(F)cc(Cl)cc1F. The van der Waals surface area contributed by atoms with Crippen molar-refractivity contribution < 1.29 is 23.4 Å². The molecule has 88 valence electrons. The van der Waals surface area contributed by atoms with Crippen molar-refractivity contribution in [1.29, 1.82) is 0 Å². The highest BCUT2D eigenvalue weighted by molar-refractivity contribution is 6.30. The molecule has 0 radical (unpaired) electrons. The number of carbonyl (C=O) groups excluding carboxylic acids is 1. The maximum atomic E-state index is 13.3. The van der Waals surface area contributed by atoms with Crippen molar-refractivity contribution in [2.75, 3.05) is 7.11 Å². The van der Waals surface area contributed by atoms with E-state index in [1.165, 1.54) is 0 Å². The maximum Gasteiger partial charge on any atom is 0.335 e. The van der Waals surface area contributed by atoms with Crippen molar-refractivity contribution in [3.8, 4) is 0 Å². The van der Waals surface area contributed by atoms with E-state index in [2.05, 4.69) is 4.74 Å². The molecule has 0 bridgehead atoms. The van der Waals surface area contributed by atoms with E-state index in [1.54, 1.807) is 0 Å². The van der Waals surface area contributed by atoms with Crippen LogP contribution in [0.15, 0.2) is 12.1 Å². The number of hydrogen-bond donors (Lipinski definition) is 1. The van der Waals surface area contributed by atoms with E-state index < -0.39 is 35.7 Å². The standard InChI is InChI=1S/C10H9ClF2O3/c1-16-10(15)9(14)4-6-7(12)2-5(11)3-8(6)13/h2-3,9,14H,4H2,1H3. The third kappa shape index (κ3) is 2.90. The predicted octanol–water partition coefficient (Wildman–Crippen LogP) is 1.69. The van der Waals surface area contributed by atoms with Crippen molar-refractivity contribution in [2.45, 2.75) is 12.5 Å². The summed E-state index contributed by atoms with van der Waals surface area (Å²) >= 11 is 5.41. The lowest BCUT2D eigenvalue weighted by Gasteiger charge is -2.10. The van der Waals surface area contributed by atoms with E-state index in [9.17, 15) is 18.7 Å². The first kappa shape index (κ1) is 12.9. The van der Waals surface area contributed by atoms with E-state index >= 15 is 0 Å². The first-order valence-electron chi connectivity index (χ1n) is 4.35. The van der Waals surface area contributed by atoms with Gasteiger partial charge in [0.15, 0.2) is 6.10 Å². The number of methoxy groups -OCH3 is 1. The van der Waals surface area contributed by atoms with Crippen LogP contribution in [0.1, 0.15) is 5.56 Å². The Hall–Kier alpha value is -1.20. The summed E-state index contributed by atoms with van der Waals surface area (Å²) in [5.41, 5.74) is -0.401. The summed E-state index contributed by atoms with van der Waals surface area (Å²) < 4.78 is 30.7. The zero-order chi connectivity index (χ0) is 12.3. The number of esters is 1. The summed E-state index contributed by atoms with van der Waals surface area (Å²) in [4.78, 5) is 10.9. The van der Waals surface area contributed by atoms with Gasteiger partial charge in [0.25, 0.3) is 0 Å². The zero-order valence-corrected chi connectivity index (χ0v) is 9.09. The number of ether oxygens (including phenoxy) is 1. The molecule has 1 rings (SSSR count). The molecule has 0 spiro atoms. The molecule has 0 aliphatic carbocycles. The Morgan fingerprint density at radius 3 is 2.44 bits per heavy atom. The Balaban J connectivity index is 2.93. The van der Waals surface area contributed by atoms with Crippen LogP contribution in [0, 0.1) is 11.6 Å². The van der Waals surface area contributed by atoms with Crippen LogP contribution in [0.5, 0.6) is 0 Å². The Bertz CT molecular complexity index is 386. The third-order valence-electron chi connectivity index (χ3n) is 1.98. The van der Waals surface area contributed by atoms with Crippen LogP contribution in [0.3, 0.4) is 0 Å². The topological polar surface area (TPSA) is 46.5 Å². The summed E-state index contributed by atoms with van der Waals surface area (Å²) in [6, 6.07) is 1.81. The van der Waals surface area contributed by atoms with E-state index in [0.29, 0.717) is 0 Å². The molecule has 1 unspecified atom stereocenters. The second-order valence-corrected chi connectivity index (χ2v) is 3.53. The number of aliphatic hydroxyl groups excluding tert-OH is 1. The van der Waals surface area contributed by atoms with Gasteiger partial charge in [-0.3, -0.25) is 0 Å². The molecular formula is C10H9ClF2O3. The number of aliphatic hydroxyl groups is 1. The van der Waals surface area contributed by atoms with Crippen LogP contribution in [-0.2, 0) is 16.0 Å². The molecule has 0 aromatic heterocycles. The lowest BCUT2D eigenvalue weighted by atomic mass is 10.1. The minimum absolute atomic E-state index is 0.0914. The minimum Gasteiger partial charge on any atom is -0.467 e. The van der Waals surface area contributed by atoms with Gasteiger partial charge in [-0.1, -0.05) is 11.6 Å². The average Bonchev–Trinajstić information content (AvgIpc) is 2.21. The van der Waals surface area contributed by atoms with Crippen LogP contribution in [-0.4, -0.2) is 24.3 Å². The highest BCUT2D eigenvalue weighted by Gasteiger charge is 2.20. The molecule has 1 atom stereocenters. The fourth-order valence-electron chi connectivity index (χ4n) is 1.18. The van der Waals surface area contributed by atoms with E-state index in [4.69, 9.17) is 11.6 Å². The first-order chi connectivity index (χ1) is 7.45.